The Bertz CT molecular complexity index is 651. The third-order valence-corrected chi connectivity index (χ3v) is 5.03. The maximum Gasteiger partial charge on any atom is 0.222 e. The van der Waals surface area contributed by atoms with E-state index in [-0.39, 0.29) is 23.0 Å². The Balaban J connectivity index is 1.79. The van der Waals surface area contributed by atoms with Gasteiger partial charge in [-0.05, 0) is 25.0 Å². The summed E-state index contributed by atoms with van der Waals surface area (Å²) in [5.74, 6) is -0.954. The Kier molecular flexibility index (Phi) is 5.77. The summed E-state index contributed by atoms with van der Waals surface area (Å²) in [6, 6.07) is 3.90. The molecule has 1 fully saturated rings. The van der Waals surface area contributed by atoms with Crippen LogP contribution in [0.5, 0.6) is 0 Å². The van der Waals surface area contributed by atoms with Gasteiger partial charge in [-0.3, -0.25) is 4.79 Å². The highest BCUT2D eigenvalue weighted by molar-refractivity contribution is 7.88. The summed E-state index contributed by atoms with van der Waals surface area (Å²) in [6.07, 6.45) is 1.97. The van der Waals surface area contributed by atoms with Crippen molar-refractivity contribution in [2.75, 3.05) is 19.6 Å². The van der Waals surface area contributed by atoms with E-state index in [2.05, 4.69) is 4.72 Å². The first-order valence-electron chi connectivity index (χ1n) is 7.06. The van der Waals surface area contributed by atoms with E-state index in [0.29, 0.717) is 19.4 Å². The minimum absolute atomic E-state index is 0.0756. The Morgan fingerprint density at radius 3 is 2.77 bits per heavy atom. The fourth-order valence-electron chi connectivity index (χ4n) is 2.33. The number of carbonyl (C=O) groups is 1. The Morgan fingerprint density at radius 1 is 1.36 bits per heavy atom. The van der Waals surface area contributed by atoms with E-state index in [1.165, 1.54) is 12.1 Å². The lowest BCUT2D eigenvalue weighted by atomic mass is 10.2. The van der Waals surface area contributed by atoms with Gasteiger partial charge in [-0.1, -0.05) is 17.7 Å². The van der Waals surface area contributed by atoms with Crippen LogP contribution in [0.2, 0.25) is 5.02 Å². The summed E-state index contributed by atoms with van der Waals surface area (Å²) in [6.45, 7) is 1.50. The van der Waals surface area contributed by atoms with Crippen molar-refractivity contribution in [1.29, 1.82) is 0 Å². The van der Waals surface area contributed by atoms with Crippen LogP contribution in [0.4, 0.5) is 4.39 Å². The van der Waals surface area contributed by atoms with Crippen molar-refractivity contribution >= 4 is 27.5 Å². The van der Waals surface area contributed by atoms with Crippen LogP contribution in [0, 0.1) is 5.82 Å². The first kappa shape index (κ1) is 17.2. The number of benzene rings is 1. The van der Waals surface area contributed by atoms with E-state index < -0.39 is 21.6 Å². The van der Waals surface area contributed by atoms with Crippen molar-refractivity contribution in [2.45, 2.75) is 25.0 Å². The van der Waals surface area contributed by atoms with Crippen LogP contribution in [-0.4, -0.2) is 38.9 Å². The number of carbonyl (C=O) groups excluding carboxylic acids is 1. The van der Waals surface area contributed by atoms with Crippen molar-refractivity contribution in [3.8, 4) is 0 Å². The first-order chi connectivity index (χ1) is 10.4. The maximum atomic E-state index is 13.6. The van der Waals surface area contributed by atoms with Crippen LogP contribution in [0.3, 0.4) is 0 Å². The molecular weight excluding hydrogens is 331 g/mol. The number of halogens is 2. The highest BCUT2D eigenvalue weighted by Gasteiger charge is 2.19. The molecule has 0 spiro atoms. The smallest absolute Gasteiger partial charge is 0.222 e. The van der Waals surface area contributed by atoms with Crippen LogP contribution in [-0.2, 0) is 20.6 Å². The van der Waals surface area contributed by atoms with Gasteiger partial charge in [0.05, 0.1) is 5.75 Å². The van der Waals surface area contributed by atoms with Gasteiger partial charge in [0.2, 0.25) is 15.9 Å². The molecule has 1 aromatic rings. The van der Waals surface area contributed by atoms with E-state index in [1.807, 2.05) is 0 Å². The van der Waals surface area contributed by atoms with E-state index in [4.69, 9.17) is 11.6 Å². The van der Waals surface area contributed by atoms with Gasteiger partial charge in [0.15, 0.2) is 0 Å². The fourth-order valence-corrected chi connectivity index (χ4v) is 3.69. The number of sulfonamides is 1. The Hall–Kier alpha value is -1.18. The molecule has 1 amide bonds. The second kappa shape index (κ2) is 7.39. The third kappa shape index (κ3) is 4.93. The summed E-state index contributed by atoms with van der Waals surface area (Å²) in [5.41, 5.74) is 0.0756. The number of nitrogens with zero attached hydrogens (tertiary/aromatic N) is 1. The molecule has 1 N–H and O–H groups in total. The molecule has 0 saturated carbocycles. The molecule has 1 saturated heterocycles. The average molecular weight is 349 g/mol. The van der Waals surface area contributed by atoms with Gasteiger partial charge >= 0.3 is 0 Å². The van der Waals surface area contributed by atoms with Crippen molar-refractivity contribution in [3.05, 3.63) is 34.6 Å². The molecule has 0 atom stereocenters. The van der Waals surface area contributed by atoms with Crippen LogP contribution in [0.25, 0.3) is 0 Å². The van der Waals surface area contributed by atoms with Crippen LogP contribution < -0.4 is 4.72 Å². The average Bonchev–Trinajstić information content (AvgIpc) is 2.84. The van der Waals surface area contributed by atoms with Crippen molar-refractivity contribution < 1.29 is 17.6 Å². The van der Waals surface area contributed by atoms with Crippen molar-refractivity contribution in [2.24, 2.45) is 0 Å². The molecule has 1 aliphatic heterocycles. The fraction of sp³-hybridized carbons (Fsp3) is 0.500. The molecular formula is C14H18ClFN2O3S. The Labute approximate surface area is 134 Å². The lowest BCUT2D eigenvalue weighted by Gasteiger charge is -2.15. The molecule has 0 radical (unpaired) electrons. The zero-order valence-corrected chi connectivity index (χ0v) is 13.6. The molecule has 22 heavy (non-hydrogen) atoms. The lowest BCUT2D eigenvalue weighted by Crippen LogP contribution is -2.31. The summed E-state index contributed by atoms with van der Waals surface area (Å²) in [4.78, 5) is 13.1. The van der Waals surface area contributed by atoms with Gasteiger partial charge in [-0.2, -0.15) is 0 Å². The molecule has 1 aromatic carbocycles. The normalized spacial score (nSPS) is 15.5. The van der Waals surface area contributed by atoms with E-state index in [1.54, 1.807) is 4.90 Å². The molecule has 8 heteroatoms. The van der Waals surface area contributed by atoms with Gasteiger partial charge in [0.1, 0.15) is 5.82 Å². The summed E-state index contributed by atoms with van der Waals surface area (Å²) < 4.78 is 39.8. The lowest BCUT2D eigenvalue weighted by molar-refractivity contribution is -0.127. The molecule has 0 unspecified atom stereocenters. The van der Waals surface area contributed by atoms with Gasteiger partial charge in [0.25, 0.3) is 0 Å². The van der Waals surface area contributed by atoms with Crippen LogP contribution in [0.15, 0.2) is 18.2 Å². The molecule has 0 bridgehead atoms. The zero-order valence-electron chi connectivity index (χ0n) is 12.0. The monoisotopic (exact) mass is 348 g/mol. The molecule has 1 aliphatic rings. The molecule has 1 heterocycles. The standard InChI is InChI=1S/C14H18ClFN2O3S/c15-12-5-4-11(13(16)9-12)10-22(20,21)17-6-2-8-18-7-1-3-14(18)19/h4-5,9,17H,1-3,6-8,10H2. The second-order valence-electron chi connectivity index (χ2n) is 5.23. The number of likely N-dealkylation sites (tertiary alicyclic amines) is 1. The van der Waals surface area contributed by atoms with E-state index in [9.17, 15) is 17.6 Å². The van der Waals surface area contributed by atoms with Gasteiger partial charge in [-0.15, -0.1) is 0 Å². The quantitative estimate of drug-likeness (QED) is 0.765. The van der Waals surface area contributed by atoms with Gasteiger partial charge in [0, 0.05) is 36.6 Å². The molecule has 5 nitrogen and oxygen atoms in total. The maximum absolute atomic E-state index is 13.6. The molecule has 0 aromatic heterocycles. The number of nitrogens with one attached hydrogen (secondary N) is 1. The SMILES string of the molecule is O=C1CCCN1CCCNS(=O)(=O)Cc1ccc(Cl)cc1F. The largest absolute Gasteiger partial charge is 0.343 e. The summed E-state index contributed by atoms with van der Waals surface area (Å²) in [5, 5.41) is 0.224. The number of hydrogen-bond donors (Lipinski definition) is 1. The second-order valence-corrected chi connectivity index (χ2v) is 7.47. The van der Waals surface area contributed by atoms with E-state index in [0.717, 1.165) is 19.0 Å². The number of rotatable bonds is 7. The molecule has 2 rings (SSSR count). The predicted molar refractivity (Wildman–Crippen MR) is 82.5 cm³/mol. The van der Waals surface area contributed by atoms with E-state index >= 15 is 0 Å². The number of amides is 1. The highest BCUT2D eigenvalue weighted by Crippen LogP contribution is 2.16. The predicted octanol–water partition coefficient (Wildman–Crippen LogP) is 1.91. The van der Waals surface area contributed by atoms with Crippen LogP contribution >= 0.6 is 11.6 Å². The van der Waals surface area contributed by atoms with Crippen LogP contribution in [0.1, 0.15) is 24.8 Å². The minimum atomic E-state index is -3.62. The zero-order chi connectivity index (χ0) is 16.2. The summed E-state index contributed by atoms with van der Waals surface area (Å²) in [7, 11) is -3.62. The molecule has 0 aliphatic carbocycles. The third-order valence-electron chi connectivity index (χ3n) is 3.46. The highest BCUT2D eigenvalue weighted by atomic mass is 35.5. The number of hydrogen-bond acceptors (Lipinski definition) is 3. The topological polar surface area (TPSA) is 66.5 Å². The van der Waals surface area contributed by atoms with Crippen molar-refractivity contribution in [1.82, 2.24) is 9.62 Å². The van der Waals surface area contributed by atoms with Gasteiger partial charge in [-0.25, -0.2) is 17.5 Å². The summed E-state index contributed by atoms with van der Waals surface area (Å²) >= 11 is 5.63. The minimum Gasteiger partial charge on any atom is -0.343 e. The van der Waals surface area contributed by atoms with Gasteiger partial charge < -0.3 is 4.90 Å². The Morgan fingerprint density at radius 2 is 2.14 bits per heavy atom. The van der Waals surface area contributed by atoms with Crippen molar-refractivity contribution in [3.63, 3.8) is 0 Å². The molecule has 122 valence electrons. The first-order valence-corrected chi connectivity index (χ1v) is 9.09.